The third kappa shape index (κ3) is 15.9. The molecule has 0 radical (unpaired) electrons. The summed E-state index contributed by atoms with van der Waals surface area (Å²) in [5, 5.41) is 3.20. The molecular formula is C99H120F6N8O4. The van der Waals surface area contributed by atoms with Gasteiger partial charge >= 0.3 is 0 Å². The molecule has 11 atom stereocenters. The van der Waals surface area contributed by atoms with Crippen molar-refractivity contribution in [2.75, 3.05) is 78.5 Å². The number of carbonyl (C=O) groups excluding carboxylic acids is 4. The number of nitrogens with zero attached hydrogens (tertiary/aromatic N) is 7. The highest BCUT2D eigenvalue weighted by molar-refractivity contribution is 5.83. The highest BCUT2D eigenvalue weighted by Crippen LogP contribution is 2.67. The summed E-state index contributed by atoms with van der Waals surface area (Å²) >= 11 is 0. The van der Waals surface area contributed by atoms with Gasteiger partial charge in [-0.3, -0.25) is 38.8 Å². The van der Waals surface area contributed by atoms with Crippen LogP contribution in [0.1, 0.15) is 237 Å². The molecule has 12 nitrogen and oxygen atoms in total. The summed E-state index contributed by atoms with van der Waals surface area (Å²) in [6.45, 7) is 39.1. The molecule has 1 N–H and O–H groups in total. The maximum absolute atomic E-state index is 15.0. The summed E-state index contributed by atoms with van der Waals surface area (Å²) in [7, 11) is 0. The van der Waals surface area contributed by atoms with E-state index in [0.717, 1.165) is 63.1 Å². The van der Waals surface area contributed by atoms with Gasteiger partial charge in [-0.15, -0.1) is 0 Å². The summed E-state index contributed by atoms with van der Waals surface area (Å²) in [4.78, 5) is 69.8. The molecule has 7 aliphatic heterocycles. The quantitative estimate of drug-likeness (QED) is 0.107. The van der Waals surface area contributed by atoms with E-state index in [0.29, 0.717) is 113 Å². The second kappa shape index (κ2) is 31.6. The molecule has 3 aliphatic carbocycles. The Labute approximate surface area is 689 Å². The Morgan fingerprint density at radius 1 is 0.444 bits per heavy atom. The number of halogens is 6. The number of hydrogen-bond acceptors (Lipinski definition) is 8. The Hall–Kier alpha value is -8.42. The minimum atomic E-state index is -0.603. The number of likely N-dealkylation sites (tertiary alicyclic amines) is 6. The monoisotopic (exact) mass is 1600 g/mol. The smallest absolute Gasteiger partial charge is 0.227 e. The van der Waals surface area contributed by atoms with Crippen molar-refractivity contribution in [2.24, 2.45) is 17.8 Å². The molecule has 7 aromatic rings. The average molecular weight is 1600 g/mol. The summed E-state index contributed by atoms with van der Waals surface area (Å²) < 4.78 is 85.9. The van der Waals surface area contributed by atoms with Crippen LogP contribution in [0.3, 0.4) is 0 Å². The first kappa shape index (κ1) is 83.6. The third-order valence-electron chi connectivity index (χ3n) is 29.4. The predicted molar refractivity (Wildman–Crippen MR) is 451 cm³/mol. The van der Waals surface area contributed by atoms with Crippen molar-refractivity contribution < 1.29 is 45.5 Å². The lowest BCUT2D eigenvalue weighted by atomic mass is 9.71. The molecule has 17 rings (SSSR count). The van der Waals surface area contributed by atoms with Gasteiger partial charge in [-0.05, 0) is 232 Å². The number of fused-ring (bicyclic) bond motifs is 9. The van der Waals surface area contributed by atoms with E-state index in [9.17, 15) is 36.7 Å². The van der Waals surface area contributed by atoms with Gasteiger partial charge in [-0.25, -0.2) is 26.3 Å². The molecule has 3 spiro atoms. The molecule has 117 heavy (non-hydrogen) atoms. The number of carbonyl (C=O) groups is 4. The number of nitrogens with one attached hydrogen (secondary N) is 1. The van der Waals surface area contributed by atoms with E-state index < -0.39 is 40.4 Å². The number of piperidine rings is 3. The van der Waals surface area contributed by atoms with Crippen molar-refractivity contribution in [3.8, 4) is 0 Å². The zero-order valence-corrected chi connectivity index (χ0v) is 71.3. The highest BCUT2D eigenvalue weighted by atomic mass is 19.2. The van der Waals surface area contributed by atoms with Gasteiger partial charge in [0.15, 0.2) is 0 Å². The van der Waals surface area contributed by atoms with Crippen LogP contribution in [0.25, 0.3) is 6.08 Å². The zero-order valence-electron chi connectivity index (χ0n) is 71.3. The normalized spacial score (nSPS) is 26.0. The van der Waals surface area contributed by atoms with Gasteiger partial charge in [0.1, 0.15) is 34.9 Å². The minimum absolute atomic E-state index is 0.0168. The zero-order chi connectivity index (χ0) is 83.5. The lowest BCUT2D eigenvalue weighted by molar-refractivity contribution is -0.138. The van der Waals surface area contributed by atoms with Crippen LogP contribution >= 0.6 is 0 Å². The van der Waals surface area contributed by atoms with Crippen LogP contribution < -0.4 is 5.32 Å². The van der Waals surface area contributed by atoms with E-state index in [1.807, 2.05) is 14.7 Å². The lowest BCUT2D eigenvalue weighted by Gasteiger charge is -2.43. The van der Waals surface area contributed by atoms with Crippen LogP contribution in [0.4, 0.5) is 26.3 Å². The lowest BCUT2D eigenvalue weighted by Crippen LogP contribution is -2.50. The van der Waals surface area contributed by atoms with Crippen molar-refractivity contribution in [2.45, 2.75) is 229 Å². The topological polar surface area (TPSA) is 103 Å². The van der Waals surface area contributed by atoms with E-state index in [2.05, 4.69) is 225 Å². The van der Waals surface area contributed by atoms with E-state index in [-0.39, 0.29) is 97.9 Å². The second-order valence-corrected chi connectivity index (χ2v) is 39.5. The Balaban J connectivity index is 0.000000139. The fraction of sp³-hybridized carbons (Fsp3) is 0.515. The van der Waals surface area contributed by atoms with Crippen molar-refractivity contribution in [3.05, 3.63) is 253 Å². The van der Waals surface area contributed by atoms with Gasteiger partial charge in [-0.2, -0.15) is 0 Å². The van der Waals surface area contributed by atoms with Crippen molar-refractivity contribution in [3.63, 3.8) is 0 Å². The molecule has 7 saturated heterocycles. The average Bonchev–Trinajstić information content (AvgIpc) is 1.50. The van der Waals surface area contributed by atoms with Crippen LogP contribution in [-0.2, 0) is 35.4 Å². The van der Waals surface area contributed by atoms with Crippen LogP contribution in [0.15, 0.2) is 152 Å². The van der Waals surface area contributed by atoms with E-state index >= 15 is 8.78 Å². The first-order valence-corrected chi connectivity index (χ1v) is 42.9. The van der Waals surface area contributed by atoms with Crippen molar-refractivity contribution in [1.29, 1.82) is 0 Å². The number of allylic oxidation sites excluding steroid dienone is 1. The van der Waals surface area contributed by atoms with Gasteiger partial charge in [0.05, 0.1) is 23.8 Å². The Morgan fingerprint density at radius 3 is 1.30 bits per heavy atom. The Bertz CT molecular complexity index is 4940. The standard InChI is InChI=1S/C36H41F2N3O.C35H47F2N3O2.C28H32F2N2O/c1-23(24-10-6-5-7-11-24)41-32-27-12-8-9-13-30(27)36(33(32)41)16-18-39(19-17-36)34(42)29-22-40(35(2,3)4)21-28(29)26-15-14-25(37)20-31(26)38;1-21-15-26-29(16-22(21)2)35(18-30(26)34(7,8)38-23(3)41)11-13-39(14-12-35)32(42)28-20-40(33(4,5)6)19-27(28)25-10-9-24(36)17-31(25)37;1-27(2,3)32-17-22(21-9-8-20(29)16-25(21)30)23(18-32)26(33)31-14-12-28(13-15-31)11-10-19-6-4-5-7-24(19)28/h5-15,20,23,28-29,32-33H,16-19,21-22H2,1-4H3;9-10,15-17,27-28,30H,11-14,18-20H2,1-8H3,(H,38,41);4-11,16,22-23H,12-15,17-18H2,1-3H3/t23-,28-,29+,32+,33+,41?;27-,28?,30?;22-,23+/m000/s1. The molecule has 7 fully saturated rings. The number of amides is 4. The van der Waals surface area contributed by atoms with E-state index in [1.54, 1.807) is 6.92 Å². The fourth-order valence-corrected chi connectivity index (χ4v) is 22.5. The van der Waals surface area contributed by atoms with Crippen LogP contribution in [-0.4, -0.2) is 165 Å². The number of benzene rings is 7. The molecule has 622 valence electrons. The molecule has 18 heteroatoms. The molecule has 3 unspecified atom stereocenters. The van der Waals surface area contributed by atoms with Crippen molar-refractivity contribution >= 4 is 29.7 Å². The van der Waals surface area contributed by atoms with Crippen LogP contribution in [0.5, 0.6) is 0 Å². The summed E-state index contributed by atoms with van der Waals surface area (Å²) in [5.74, 6) is -5.00. The van der Waals surface area contributed by atoms with Gasteiger partial charge in [0.2, 0.25) is 23.6 Å². The highest BCUT2D eigenvalue weighted by Gasteiger charge is 2.68. The van der Waals surface area contributed by atoms with Gasteiger partial charge in [0.25, 0.3) is 0 Å². The number of rotatable bonds is 10. The summed E-state index contributed by atoms with van der Waals surface area (Å²) in [6, 6.07) is 45.4. The minimum Gasteiger partial charge on any atom is -0.351 e. The Kier molecular flexibility index (Phi) is 22.6. The predicted octanol–water partition coefficient (Wildman–Crippen LogP) is 18.6. The first-order chi connectivity index (χ1) is 55.3. The molecule has 0 saturated carbocycles. The maximum Gasteiger partial charge on any atom is 0.227 e. The van der Waals surface area contributed by atoms with Gasteiger partial charge in [0, 0.05) is 172 Å². The fourth-order valence-electron chi connectivity index (χ4n) is 22.5. The number of hydrogen-bond donors (Lipinski definition) is 1. The van der Waals surface area contributed by atoms with E-state index in [1.165, 1.54) is 86.5 Å². The largest absolute Gasteiger partial charge is 0.351 e. The molecule has 0 bridgehead atoms. The SMILES string of the molecule is CC(=O)NC(C)(C)C1CC2(CCN(C(=O)C3CN(C(C)(C)C)C[C@H]3c3ccc(F)cc3F)CC2)c2cc(C)c(C)cc21.CC(C)(C)N1C[C@@H](C(=O)N2CCC3(C=Cc4ccccc43)CC2)[C@H](c2ccc(F)cc2F)C1.C[C@@H](c1ccccc1)N1[C@@H]2c3ccccc3C3(CCN(C(=O)[C@@H]4CN(C(C)(C)C)C[C@H]4c4ccc(F)cc4F)CC3)[C@@H]21. The van der Waals surface area contributed by atoms with Gasteiger partial charge < -0.3 is 20.0 Å². The molecule has 0 aromatic heterocycles. The summed E-state index contributed by atoms with van der Waals surface area (Å²) in [5.41, 5.74) is 12.6. The molecular weight excluding hydrogens is 1480 g/mol. The third-order valence-corrected chi connectivity index (χ3v) is 29.4. The second-order valence-electron chi connectivity index (χ2n) is 39.5. The maximum atomic E-state index is 15.0. The van der Waals surface area contributed by atoms with E-state index in [4.69, 9.17) is 0 Å². The molecule has 4 amide bonds. The summed E-state index contributed by atoms with van der Waals surface area (Å²) in [6.07, 6.45) is 10.8. The van der Waals surface area contributed by atoms with Gasteiger partial charge in [-0.1, -0.05) is 121 Å². The molecule has 10 aliphatic rings. The van der Waals surface area contributed by atoms with Crippen molar-refractivity contribution in [1.82, 2.24) is 39.6 Å². The first-order valence-electron chi connectivity index (χ1n) is 42.9. The molecule has 7 heterocycles. The molecule has 7 aromatic carbocycles. The number of aryl methyl sites for hydroxylation is 2. The van der Waals surface area contributed by atoms with Crippen LogP contribution in [0.2, 0.25) is 0 Å². The van der Waals surface area contributed by atoms with Crippen LogP contribution in [0, 0.1) is 66.5 Å². The Morgan fingerprint density at radius 2 is 0.855 bits per heavy atom.